The smallest absolute Gasteiger partial charge is 0.322 e. The van der Waals surface area contributed by atoms with Crippen molar-refractivity contribution in [2.75, 3.05) is 40.5 Å². The molecule has 314 valence electrons. The summed E-state index contributed by atoms with van der Waals surface area (Å²) >= 11 is 4.33. The molecule has 3 atom stereocenters. The summed E-state index contributed by atoms with van der Waals surface area (Å²) in [7, 11) is 4.71. The van der Waals surface area contributed by atoms with Crippen LogP contribution in [-0.2, 0) is 45.1 Å². The molecule has 3 rings (SSSR count). The van der Waals surface area contributed by atoms with Crippen LogP contribution in [0.3, 0.4) is 0 Å². The van der Waals surface area contributed by atoms with E-state index in [4.69, 9.17) is 27.1 Å². The van der Waals surface area contributed by atoms with E-state index in [2.05, 4.69) is 52.9 Å². The van der Waals surface area contributed by atoms with Crippen LogP contribution < -0.4 is 43.4 Å². The highest BCUT2D eigenvalue weighted by molar-refractivity contribution is 9.10. The van der Waals surface area contributed by atoms with E-state index < -0.39 is 70.8 Å². The third-order valence-corrected chi connectivity index (χ3v) is 10.2. The van der Waals surface area contributed by atoms with Crippen molar-refractivity contribution in [3.05, 3.63) is 47.7 Å². The number of hydrogen-bond acceptors (Lipinski definition) is 12. The number of aliphatic carboxylic acids is 2. The van der Waals surface area contributed by atoms with E-state index in [0.717, 1.165) is 11.8 Å². The fourth-order valence-electron chi connectivity index (χ4n) is 4.96. The molecule has 3 aromatic heterocycles. The number of thioether (sulfide) groups is 1. The molecule has 0 bridgehead atoms. The molecular weight excluding hydrogens is 850 g/mol. The summed E-state index contributed by atoms with van der Waals surface area (Å²) in [5, 5.41) is 44.5. The van der Waals surface area contributed by atoms with E-state index in [0.29, 0.717) is 5.69 Å². The Kier molecular flexibility index (Phi) is 17.0. The lowest BCUT2D eigenvalue weighted by atomic mass is 10.1. The van der Waals surface area contributed by atoms with Gasteiger partial charge in [-0.1, -0.05) is 15.9 Å². The molecule has 6 amide bonds. The number of carboxylic acid groups (broad SMARTS) is 2. The highest BCUT2D eigenvalue weighted by Gasteiger charge is 2.25. The van der Waals surface area contributed by atoms with Gasteiger partial charge >= 0.3 is 11.9 Å². The van der Waals surface area contributed by atoms with Crippen LogP contribution >= 0.6 is 27.7 Å². The van der Waals surface area contributed by atoms with Crippen LogP contribution in [0.25, 0.3) is 0 Å². The van der Waals surface area contributed by atoms with Gasteiger partial charge < -0.3 is 62.7 Å². The van der Waals surface area contributed by atoms with Crippen molar-refractivity contribution in [1.82, 2.24) is 34.9 Å². The summed E-state index contributed by atoms with van der Waals surface area (Å²) < 4.78 is 4.25. The first-order valence-electron chi connectivity index (χ1n) is 17.2. The van der Waals surface area contributed by atoms with E-state index in [-0.39, 0.29) is 71.7 Å². The molecule has 0 aliphatic heterocycles. The SMILES string of the molecule is Cn1cc(NC(=O)c2cc(NC(=O)c3cc(NC(=O)C(Br)CSCC(NC(=O)CCC(N)C(=O)O)C(=O)NCC(=O)O)nn3C)cn2C)cc1C(=O)NCCC(=N)N. The zero-order valence-electron chi connectivity index (χ0n) is 31.5. The quantitative estimate of drug-likeness (QED) is 0.0327. The van der Waals surface area contributed by atoms with Gasteiger partial charge in [0.1, 0.15) is 40.5 Å². The third kappa shape index (κ3) is 14.1. The molecule has 0 radical (unpaired) electrons. The first-order chi connectivity index (χ1) is 27.2. The molecule has 3 heterocycles. The van der Waals surface area contributed by atoms with Gasteiger partial charge in [0, 0.05) is 70.5 Å². The maximum absolute atomic E-state index is 13.2. The number of aryl methyl sites for hydroxylation is 3. The standard InChI is InChI=1S/C33H44BrN13O10S/c1-45-12-16(8-21(45)30(53)38-7-6-24(36)37)40-31(54)22-9-17(13-46(22)2)41-32(55)23-10-25(44-47(23)3)43-28(51)18(34)14-58-15-20(29(52)39-11-27(49)50)42-26(48)5-4-19(35)33(56)57/h8-10,12-13,18-20H,4-7,11,14-15,35H2,1-3H3,(H3,36,37)(H,38,53)(H,39,52)(H,40,54)(H,41,55)(H,42,48)(H,49,50)(H,56,57)(H,43,44,51). The van der Waals surface area contributed by atoms with Crippen LogP contribution in [0.5, 0.6) is 0 Å². The van der Waals surface area contributed by atoms with E-state index in [9.17, 15) is 38.4 Å². The average Bonchev–Trinajstić information content (AvgIpc) is 3.83. The molecule has 0 aliphatic rings. The minimum atomic E-state index is -1.31. The number of amidine groups is 1. The summed E-state index contributed by atoms with van der Waals surface area (Å²) in [6.07, 6.45) is 2.76. The molecule has 58 heavy (non-hydrogen) atoms. The molecule has 23 nitrogen and oxygen atoms in total. The van der Waals surface area contributed by atoms with Crippen molar-refractivity contribution < 1.29 is 48.6 Å². The van der Waals surface area contributed by atoms with Gasteiger partial charge in [-0.15, -0.1) is 0 Å². The van der Waals surface area contributed by atoms with Crippen molar-refractivity contribution in [2.45, 2.75) is 36.2 Å². The Hall–Kier alpha value is -6.21. The number of carboxylic acids is 2. The van der Waals surface area contributed by atoms with Crippen LogP contribution in [0, 0.1) is 5.41 Å². The van der Waals surface area contributed by atoms with Crippen molar-refractivity contribution >= 4 is 98.1 Å². The Balaban J connectivity index is 1.56. The number of hydrogen-bond donors (Lipinski definition) is 11. The second-order valence-electron chi connectivity index (χ2n) is 12.6. The largest absolute Gasteiger partial charge is 0.480 e. The van der Waals surface area contributed by atoms with Crippen molar-refractivity contribution in [1.29, 1.82) is 5.41 Å². The number of nitrogens with one attached hydrogen (secondary N) is 7. The molecule has 0 aliphatic carbocycles. The third-order valence-electron chi connectivity index (χ3n) is 7.93. The molecule has 0 saturated heterocycles. The van der Waals surface area contributed by atoms with Gasteiger partial charge in [0.25, 0.3) is 17.7 Å². The molecule has 3 aromatic rings. The van der Waals surface area contributed by atoms with Gasteiger partial charge in [-0.3, -0.25) is 48.4 Å². The summed E-state index contributed by atoms with van der Waals surface area (Å²) in [6, 6.07) is 1.75. The summed E-state index contributed by atoms with van der Waals surface area (Å²) in [4.78, 5) is 97.7. The normalized spacial score (nSPS) is 12.4. The summed E-state index contributed by atoms with van der Waals surface area (Å²) in [5.74, 6) is -6.24. The summed E-state index contributed by atoms with van der Waals surface area (Å²) in [6.45, 7) is -0.527. The van der Waals surface area contributed by atoms with Gasteiger partial charge in [0.2, 0.25) is 17.7 Å². The number of anilines is 3. The second kappa shape index (κ2) is 21.4. The number of nitrogens with two attached hydrogens (primary N) is 2. The van der Waals surface area contributed by atoms with E-state index in [1.165, 1.54) is 45.3 Å². The number of carbonyl (C=O) groups is 8. The van der Waals surface area contributed by atoms with Gasteiger partial charge in [-0.05, 0) is 18.6 Å². The van der Waals surface area contributed by atoms with Crippen LogP contribution in [0.4, 0.5) is 17.2 Å². The lowest BCUT2D eigenvalue weighted by molar-refractivity contribution is -0.139. The van der Waals surface area contributed by atoms with Gasteiger partial charge in [0.05, 0.1) is 17.2 Å². The molecule has 3 unspecified atom stereocenters. The van der Waals surface area contributed by atoms with Gasteiger partial charge in [-0.2, -0.15) is 16.9 Å². The van der Waals surface area contributed by atoms with Crippen molar-refractivity contribution in [3.63, 3.8) is 0 Å². The zero-order valence-corrected chi connectivity index (χ0v) is 33.9. The Morgan fingerprint density at radius 2 is 1.41 bits per heavy atom. The van der Waals surface area contributed by atoms with Gasteiger partial charge in [0.15, 0.2) is 5.82 Å². The lowest BCUT2D eigenvalue weighted by Gasteiger charge is -2.19. The number of alkyl halides is 1. The monoisotopic (exact) mass is 893 g/mol. The topological polar surface area (TPSA) is 353 Å². The van der Waals surface area contributed by atoms with E-state index in [1.807, 2.05) is 0 Å². The maximum atomic E-state index is 13.2. The maximum Gasteiger partial charge on any atom is 0.322 e. The minimum absolute atomic E-state index is 0.0350. The Morgan fingerprint density at radius 3 is 1.98 bits per heavy atom. The Morgan fingerprint density at radius 1 is 0.828 bits per heavy atom. The number of aromatic nitrogens is 4. The van der Waals surface area contributed by atoms with E-state index in [1.54, 1.807) is 20.3 Å². The fraction of sp³-hybridized carbons (Fsp3) is 0.394. The van der Waals surface area contributed by atoms with Crippen LogP contribution in [0.2, 0.25) is 0 Å². The zero-order chi connectivity index (χ0) is 43.3. The molecule has 0 aromatic carbocycles. The predicted molar refractivity (Wildman–Crippen MR) is 215 cm³/mol. The highest BCUT2D eigenvalue weighted by Crippen LogP contribution is 2.20. The van der Waals surface area contributed by atoms with Crippen molar-refractivity contribution in [2.24, 2.45) is 32.6 Å². The number of halogens is 1. The van der Waals surface area contributed by atoms with Crippen LogP contribution in [0.15, 0.2) is 30.6 Å². The average molecular weight is 895 g/mol. The molecule has 0 spiro atoms. The second-order valence-corrected chi connectivity index (χ2v) is 14.8. The highest BCUT2D eigenvalue weighted by atomic mass is 79.9. The number of nitrogens with zero attached hydrogens (tertiary/aromatic N) is 4. The molecule has 0 saturated carbocycles. The molecule has 13 N–H and O–H groups in total. The van der Waals surface area contributed by atoms with Crippen LogP contribution in [-0.4, -0.2) is 124 Å². The van der Waals surface area contributed by atoms with Crippen LogP contribution in [0.1, 0.15) is 50.7 Å². The number of rotatable bonds is 22. The first-order valence-corrected chi connectivity index (χ1v) is 19.2. The predicted octanol–water partition coefficient (Wildman–Crippen LogP) is -1.03. The Labute approximate surface area is 343 Å². The van der Waals surface area contributed by atoms with Crippen molar-refractivity contribution in [3.8, 4) is 0 Å². The molecule has 25 heteroatoms. The molecular formula is C33H44BrN13O10S. The first kappa shape index (κ1) is 46.2. The Bertz CT molecular complexity index is 2060. The molecule has 0 fully saturated rings. The minimum Gasteiger partial charge on any atom is -0.480 e. The summed E-state index contributed by atoms with van der Waals surface area (Å²) in [5.41, 5.74) is 11.9. The number of amides is 6. The van der Waals surface area contributed by atoms with Gasteiger partial charge in [-0.25, -0.2) is 0 Å². The fourth-order valence-corrected chi connectivity index (χ4v) is 6.60. The lowest BCUT2D eigenvalue weighted by Crippen LogP contribution is -2.49. The number of carbonyl (C=O) groups excluding carboxylic acids is 6. The van der Waals surface area contributed by atoms with E-state index >= 15 is 0 Å².